The minimum atomic E-state index is -0.887. The maximum absolute atomic E-state index is 13.4. The van der Waals surface area contributed by atoms with Crippen LogP contribution in [0, 0.1) is 15.9 Å². The molecule has 0 aliphatic heterocycles. The van der Waals surface area contributed by atoms with Gasteiger partial charge in [-0.15, -0.1) is 0 Å². The smallest absolute Gasteiger partial charge is 0.269 e. The Kier molecular flexibility index (Phi) is 4.46. The van der Waals surface area contributed by atoms with Gasteiger partial charge in [0.15, 0.2) is 0 Å². The zero-order valence-electron chi connectivity index (χ0n) is 10.3. The second kappa shape index (κ2) is 6.11. The molecule has 1 unspecified atom stereocenters. The van der Waals surface area contributed by atoms with Gasteiger partial charge >= 0.3 is 0 Å². The van der Waals surface area contributed by atoms with Crippen molar-refractivity contribution in [1.82, 2.24) is 0 Å². The molecule has 6 heteroatoms. The second-order valence-electron chi connectivity index (χ2n) is 4.29. The molecule has 0 radical (unpaired) electrons. The van der Waals surface area contributed by atoms with E-state index in [1.807, 2.05) is 0 Å². The van der Waals surface area contributed by atoms with Gasteiger partial charge in [0.25, 0.3) is 5.69 Å². The molecule has 2 aromatic rings. The highest BCUT2D eigenvalue weighted by atomic mass is 79.9. The van der Waals surface area contributed by atoms with Crippen LogP contribution >= 0.6 is 15.9 Å². The molecule has 1 atom stereocenters. The Bertz CT molecular complexity index is 631. The standard InChI is InChI=1S/C14H11BrFNO3/c15-14-11(2-1-3-12(14)16)13(18)8-9-4-6-10(7-5-9)17(19)20/h1-7,13,18H,8H2. The minimum Gasteiger partial charge on any atom is -0.388 e. The van der Waals surface area contributed by atoms with Gasteiger partial charge in [-0.3, -0.25) is 10.1 Å². The number of nitrogens with zero attached hydrogens (tertiary/aromatic N) is 1. The van der Waals surface area contributed by atoms with Crippen molar-refractivity contribution in [2.45, 2.75) is 12.5 Å². The number of aliphatic hydroxyl groups is 1. The first-order chi connectivity index (χ1) is 9.49. The summed E-state index contributed by atoms with van der Waals surface area (Å²) in [6.45, 7) is 0. The number of rotatable bonds is 4. The Morgan fingerprint density at radius 1 is 1.25 bits per heavy atom. The van der Waals surface area contributed by atoms with Crippen LogP contribution < -0.4 is 0 Å². The van der Waals surface area contributed by atoms with Gasteiger partial charge in [-0.25, -0.2) is 4.39 Å². The van der Waals surface area contributed by atoms with Crippen LogP contribution in [0.3, 0.4) is 0 Å². The van der Waals surface area contributed by atoms with Crippen molar-refractivity contribution in [3.05, 3.63) is 74.0 Å². The van der Waals surface area contributed by atoms with Crippen molar-refractivity contribution in [2.75, 3.05) is 0 Å². The topological polar surface area (TPSA) is 63.4 Å². The van der Waals surface area contributed by atoms with Gasteiger partial charge in [-0.05, 0) is 33.1 Å². The number of nitro benzene ring substituents is 1. The Morgan fingerprint density at radius 2 is 1.90 bits per heavy atom. The van der Waals surface area contributed by atoms with Gasteiger partial charge in [0.05, 0.1) is 15.5 Å². The number of hydrogen-bond acceptors (Lipinski definition) is 3. The van der Waals surface area contributed by atoms with Gasteiger partial charge in [-0.1, -0.05) is 24.3 Å². The molecule has 0 amide bonds. The summed E-state index contributed by atoms with van der Waals surface area (Å²) in [5.41, 5.74) is 1.18. The predicted molar refractivity (Wildman–Crippen MR) is 75.9 cm³/mol. The molecular formula is C14H11BrFNO3. The molecule has 1 N–H and O–H groups in total. The van der Waals surface area contributed by atoms with Crippen molar-refractivity contribution in [1.29, 1.82) is 0 Å². The lowest BCUT2D eigenvalue weighted by molar-refractivity contribution is -0.384. The average molecular weight is 340 g/mol. The largest absolute Gasteiger partial charge is 0.388 e. The summed E-state index contributed by atoms with van der Waals surface area (Å²) in [4.78, 5) is 10.1. The second-order valence-corrected chi connectivity index (χ2v) is 5.08. The number of aliphatic hydroxyl groups excluding tert-OH is 1. The predicted octanol–water partition coefficient (Wildman–Crippen LogP) is 3.77. The van der Waals surface area contributed by atoms with E-state index in [9.17, 15) is 19.6 Å². The molecule has 0 saturated heterocycles. The van der Waals surface area contributed by atoms with E-state index in [-0.39, 0.29) is 16.6 Å². The van der Waals surface area contributed by atoms with Crippen LogP contribution in [0.15, 0.2) is 46.9 Å². The van der Waals surface area contributed by atoms with E-state index in [0.29, 0.717) is 5.56 Å². The monoisotopic (exact) mass is 339 g/mol. The van der Waals surface area contributed by atoms with Gasteiger partial charge in [0, 0.05) is 18.6 Å². The summed E-state index contributed by atoms with van der Waals surface area (Å²) < 4.78 is 13.6. The van der Waals surface area contributed by atoms with E-state index in [1.54, 1.807) is 18.2 Å². The molecule has 4 nitrogen and oxygen atoms in total. The molecule has 0 aliphatic rings. The number of nitro groups is 1. The zero-order valence-corrected chi connectivity index (χ0v) is 11.9. The van der Waals surface area contributed by atoms with Crippen LogP contribution in [0.25, 0.3) is 0 Å². The lowest BCUT2D eigenvalue weighted by atomic mass is 10.0. The summed E-state index contributed by atoms with van der Waals surface area (Å²) in [6.07, 6.45) is -0.637. The third-order valence-electron chi connectivity index (χ3n) is 2.92. The summed E-state index contributed by atoms with van der Waals surface area (Å²) in [5, 5.41) is 20.7. The maximum Gasteiger partial charge on any atom is 0.269 e. The highest BCUT2D eigenvalue weighted by Crippen LogP contribution is 2.28. The Hall–Kier alpha value is -1.79. The maximum atomic E-state index is 13.4. The van der Waals surface area contributed by atoms with E-state index >= 15 is 0 Å². The summed E-state index contributed by atoms with van der Waals surface area (Å²) in [5.74, 6) is -0.440. The van der Waals surface area contributed by atoms with Crippen LogP contribution in [0.2, 0.25) is 0 Å². The highest BCUT2D eigenvalue weighted by molar-refractivity contribution is 9.10. The molecule has 0 saturated carbocycles. The van der Waals surface area contributed by atoms with E-state index in [2.05, 4.69) is 15.9 Å². The Labute approximate surface area is 123 Å². The Balaban J connectivity index is 2.17. The van der Waals surface area contributed by atoms with Crippen LogP contribution in [0.1, 0.15) is 17.2 Å². The number of benzene rings is 2. The fourth-order valence-corrected chi connectivity index (χ4v) is 2.39. The van der Waals surface area contributed by atoms with Gasteiger partial charge < -0.3 is 5.11 Å². The van der Waals surface area contributed by atoms with Crippen LogP contribution in [-0.2, 0) is 6.42 Å². The first kappa shape index (κ1) is 14.6. The van der Waals surface area contributed by atoms with Crippen molar-refractivity contribution in [2.24, 2.45) is 0 Å². The minimum absolute atomic E-state index is 0.00447. The third kappa shape index (κ3) is 3.20. The fourth-order valence-electron chi connectivity index (χ4n) is 1.86. The molecule has 2 aromatic carbocycles. The van der Waals surface area contributed by atoms with Crippen molar-refractivity contribution in [3.8, 4) is 0 Å². The first-order valence-electron chi connectivity index (χ1n) is 5.84. The Morgan fingerprint density at radius 3 is 2.50 bits per heavy atom. The molecule has 0 spiro atoms. The number of non-ortho nitro benzene ring substituents is 1. The summed E-state index contributed by atoms with van der Waals surface area (Å²) in [6, 6.07) is 10.4. The average Bonchev–Trinajstić information content (AvgIpc) is 2.42. The first-order valence-corrected chi connectivity index (χ1v) is 6.63. The van der Waals surface area contributed by atoms with Gasteiger partial charge in [-0.2, -0.15) is 0 Å². The van der Waals surface area contributed by atoms with Crippen LogP contribution in [-0.4, -0.2) is 10.0 Å². The van der Waals surface area contributed by atoms with E-state index < -0.39 is 16.8 Å². The van der Waals surface area contributed by atoms with Crippen LogP contribution in [0.4, 0.5) is 10.1 Å². The van der Waals surface area contributed by atoms with Gasteiger partial charge in [0.1, 0.15) is 5.82 Å². The molecule has 104 valence electrons. The van der Waals surface area contributed by atoms with E-state index in [4.69, 9.17) is 0 Å². The molecule has 0 aromatic heterocycles. The SMILES string of the molecule is O=[N+]([O-])c1ccc(CC(O)c2cccc(F)c2Br)cc1. The summed E-state index contributed by atoms with van der Waals surface area (Å²) in [7, 11) is 0. The normalized spacial score (nSPS) is 12.2. The lowest BCUT2D eigenvalue weighted by Crippen LogP contribution is -2.03. The van der Waals surface area contributed by atoms with E-state index in [1.165, 1.54) is 24.3 Å². The van der Waals surface area contributed by atoms with Gasteiger partial charge in [0.2, 0.25) is 0 Å². The lowest BCUT2D eigenvalue weighted by Gasteiger charge is -2.13. The van der Waals surface area contributed by atoms with Crippen molar-refractivity contribution >= 4 is 21.6 Å². The number of halogens is 2. The van der Waals surface area contributed by atoms with Crippen LogP contribution in [0.5, 0.6) is 0 Å². The highest BCUT2D eigenvalue weighted by Gasteiger charge is 2.15. The molecule has 0 heterocycles. The molecule has 0 bridgehead atoms. The van der Waals surface area contributed by atoms with Crippen molar-refractivity contribution in [3.63, 3.8) is 0 Å². The quantitative estimate of drug-likeness (QED) is 0.681. The molecule has 0 aliphatic carbocycles. The van der Waals surface area contributed by atoms with Crippen molar-refractivity contribution < 1.29 is 14.4 Å². The molecule has 20 heavy (non-hydrogen) atoms. The molecular weight excluding hydrogens is 329 g/mol. The number of hydrogen-bond donors (Lipinski definition) is 1. The van der Waals surface area contributed by atoms with E-state index in [0.717, 1.165) is 5.56 Å². The molecule has 0 fully saturated rings. The zero-order chi connectivity index (χ0) is 14.7. The molecule has 2 rings (SSSR count). The summed E-state index contributed by atoms with van der Waals surface area (Å²) >= 11 is 3.10. The fraction of sp³-hybridized carbons (Fsp3) is 0.143. The third-order valence-corrected chi connectivity index (χ3v) is 3.75.